The Labute approximate surface area is 97.2 Å². The summed E-state index contributed by atoms with van der Waals surface area (Å²) in [6, 6.07) is 0. The summed E-state index contributed by atoms with van der Waals surface area (Å²) in [7, 11) is 0. The molecule has 0 spiro atoms. The van der Waals surface area contributed by atoms with Crippen LogP contribution >= 0.6 is 0 Å². The molecule has 0 aromatic carbocycles. The number of aliphatic hydroxyl groups excluding tert-OH is 1. The molecule has 2 fully saturated rings. The molecule has 0 radical (unpaired) electrons. The van der Waals surface area contributed by atoms with Gasteiger partial charge >= 0.3 is 5.97 Å². The highest BCUT2D eigenvalue weighted by atomic mass is 16.5. The Balaban J connectivity index is 1.81. The number of hydrogen-bond donors (Lipinski definition) is 1. The van der Waals surface area contributed by atoms with Gasteiger partial charge < -0.3 is 9.84 Å². The van der Waals surface area contributed by atoms with E-state index in [4.69, 9.17) is 4.74 Å². The van der Waals surface area contributed by atoms with E-state index >= 15 is 0 Å². The van der Waals surface area contributed by atoms with Gasteiger partial charge in [0, 0.05) is 0 Å². The molecule has 2 unspecified atom stereocenters. The molecule has 0 aromatic rings. The predicted molar refractivity (Wildman–Crippen MR) is 60.9 cm³/mol. The zero-order valence-corrected chi connectivity index (χ0v) is 9.86. The first-order valence-electron chi connectivity index (χ1n) is 6.66. The molecule has 0 bridgehead atoms. The molecule has 2 aliphatic rings. The van der Waals surface area contributed by atoms with Gasteiger partial charge in [-0.15, -0.1) is 0 Å². The van der Waals surface area contributed by atoms with Crippen LogP contribution in [0.5, 0.6) is 0 Å². The molecule has 2 atom stereocenters. The SMILES string of the molecule is O=C(OC1CCCCC1)C1CCCCC1O. The van der Waals surface area contributed by atoms with Crippen LogP contribution in [0.2, 0.25) is 0 Å². The molecule has 0 heterocycles. The van der Waals surface area contributed by atoms with Crippen LogP contribution in [-0.4, -0.2) is 23.3 Å². The largest absolute Gasteiger partial charge is 0.462 e. The summed E-state index contributed by atoms with van der Waals surface area (Å²) >= 11 is 0. The molecule has 2 saturated carbocycles. The first-order valence-corrected chi connectivity index (χ1v) is 6.66. The second-order valence-electron chi connectivity index (χ2n) is 5.16. The minimum atomic E-state index is -0.468. The fourth-order valence-corrected chi connectivity index (χ4v) is 2.82. The van der Waals surface area contributed by atoms with Crippen molar-refractivity contribution < 1.29 is 14.6 Å². The maximum absolute atomic E-state index is 11.9. The highest BCUT2D eigenvalue weighted by Crippen LogP contribution is 2.27. The lowest BCUT2D eigenvalue weighted by Gasteiger charge is -2.29. The van der Waals surface area contributed by atoms with Crippen molar-refractivity contribution in [1.29, 1.82) is 0 Å². The van der Waals surface area contributed by atoms with E-state index in [9.17, 15) is 9.90 Å². The molecule has 2 aliphatic carbocycles. The zero-order chi connectivity index (χ0) is 11.4. The summed E-state index contributed by atoms with van der Waals surface area (Å²) in [6.45, 7) is 0. The van der Waals surface area contributed by atoms with Crippen molar-refractivity contribution in [3.8, 4) is 0 Å². The monoisotopic (exact) mass is 226 g/mol. The van der Waals surface area contributed by atoms with Crippen LogP contribution in [0, 0.1) is 5.92 Å². The fraction of sp³-hybridized carbons (Fsp3) is 0.923. The summed E-state index contributed by atoms with van der Waals surface area (Å²) in [4.78, 5) is 11.9. The summed E-state index contributed by atoms with van der Waals surface area (Å²) < 4.78 is 5.50. The molecule has 0 amide bonds. The lowest BCUT2D eigenvalue weighted by Crippen LogP contribution is -2.35. The van der Waals surface area contributed by atoms with Crippen LogP contribution in [0.4, 0.5) is 0 Å². The third kappa shape index (κ3) is 2.97. The van der Waals surface area contributed by atoms with Crippen LogP contribution in [-0.2, 0) is 9.53 Å². The van der Waals surface area contributed by atoms with Gasteiger partial charge in [-0.05, 0) is 38.5 Å². The number of esters is 1. The van der Waals surface area contributed by atoms with E-state index in [1.54, 1.807) is 0 Å². The minimum absolute atomic E-state index is 0.121. The van der Waals surface area contributed by atoms with E-state index in [2.05, 4.69) is 0 Å². The third-order valence-corrected chi connectivity index (χ3v) is 3.87. The van der Waals surface area contributed by atoms with Gasteiger partial charge in [-0.1, -0.05) is 19.3 Å². The number of aliphatic hydroxyl groups is 1. The van der Waals surface area contributed by atoms with Gasteiger partial charge in [-0.25, -0.2) is 0 Å². The highest BCUT2D eigenvalue weighted by Gasteiger charge is 2.32. The van der Waals surface area contributed by atoms with Crippen molar-refractivity contribution in [2.24, 2.45) is 5.92 Å². The van der Waals surface area contributed by atoms with Crippen molar-refractivity contribution >= 4 is 5.97 Å². The molecule has 1 N–H and O–H groups in total. The summed E-state index contributed by atoms with van der Waals surface area (Å²) in [6.07, 6.45) is 8.91. The van der Waals surface area contributed by atoms with Gasteiger partial charge in [0.1, 0.15) is 6.10 Å². The molecule has 3 nitrogen and oxygen atoms in total. The Hall–Kier alpha value is -0.570. The molecule has 0 aliphatic heterocycles. The first kappa shape index (κ1) is 11.9. The minimum Gasteiger partial charge on any atom is -0.462 e. The summed E-state index contributed by atoms with van der Waals surface area (Å²) in [5.41, 5.74) is 0. The predicted octanol–water partition coefficient (Wildman–Crippen LogP) is 2.41. The Morgan fingerprint density at radius 1 is 0.938 bits per heavy atom. The Morgan fingerprint density at radius 3 is 2.25 bits per heavy atom. The van der Waals surface area contributed by atoms with Crippen molar-refractivity contribution in [3.05, 3.63) is 0 Å². The van der Waals surface area contributed by atoms with Gasteiger partial charge in [-0.2, -0.15) is 0 Å². The van der Waals surface area contributed by atoms with Gasteiger partial charge in [0.05, 0.1) is 12.0 Å². The van der Waals surface area contributed by atoms with Gasteiger partial charge in [-0.3, -0.25) is 4.79 Å². The Bertz CT molecular complexity index is 233. The van der Waals surface area contributed by atoms with E-state index < -0.39 is 6.10 Å². The van der Waals surface area contributed by atoms with Crippen LogP contribution in [0.3, 0.4) is 0 Å². The standard InChI is InChI=1S/C13H22O3/c14-12-9-5-4-8-11(12)13(15)16-10-6-2-1-3-7-10/h10-12,14H,1-9H2. The number of ether oxygens (including phenoxy) is 1. The summed E-state index contributed by atoms with van der Waals surface area (Å²) in [5, 5.41) is 9.77. The molecular formula is C13H22O3. The molecule has 0 aromatic heterocycles. The molecule has 3 heteroatoms. The van der Waals surface area contributed by atoms with Crippen LogP contribution in [0.25, 0.3) is 0 Å². The average molecular weight is 226 g/mol. The molecule has 2 rings (SSSR count). The number of hydrogen-bond acceptors (Lipinski definition) is 3. The summed E-state index contributed by atoms with van der Waals surface area (Å²) in [5.74, 6) is -0.408. The third-order valence-electron chi connectivity index (χ3n) is 3.87. The number of rotatable bonds is 2. The van der Waals surface area contributed by atoms with Gasteiger partial charge in [0.15, 0.2) is 0 Å². The maximum atomic E-state index is 11.9. The average Bonchev–Trinajstić information content (AvgIpc) is 2.31. The molecule has 0 saturated heterocycles. The highest BCUT2D eigenvalue weighted by molar-refractivity contribution is 5.73. The van der Waals surface area contributed by atoms with E-state index in [0.29, 0.717) is 0 Å². The van der Waals surface area contributed by atoms with Crippen molar-refractivity contribution in [3.63, 3.8) is 0 Å². The van der Waals surface area contributed by atoms with E-state index in [1.807, 2.05) is 0 Å². The van der Waals surface area contributed by atoms with Gasteiger partial charge in [0.2, 0.25) is 0 Å². The number of carbonyl (C=O) groups excluding carboxylic acids is 1. The van der Waals surface area contributed by atoms with E-state index in [-0.39, 0.29) is 18.0 Å². The zero-order valence-electron chi connectivity index (χ0n) is 9.86. The van der Waals surface area contributed by atoms with Crippen molar-refractivity contribution in [2.75, 3.05) is 0 Å². The first-order chi connectivity index (χ1) is 7.77. The fourth-order valence-electron chi connectivity index (χ4n) is 2.82. The molecule has 92 valence electrons. The van der Waals surface area contributed by atoms with Gasteiger partial charge in [0.25, 0.3) is 0 Å². The Morgan fingerprint density at radius 2 is 1.56 bits per heavy atom. The quantitative estimate of drug-likeness (QED) is 0.735. The second-order valence-corrected chi connectivity index (χ2v) is 5.16. The topological polar surface area (TPSA) is 46.5 Å². The smallest absolute Gasteiger partial charge is 0.311 e. The van der Waals surface area contributed by atoms with Crippen LogP contribution < -0.4 is 0 Å². The maximum Gasteiger partial charge on any atom is 0.311 e. The van der Waals surface area contributed by atoms with Crippen LogP contribution in [0.15, 0.2) is 0 Å². The van der Waals surface area contributed by atoms with Crippen LogP contribution in [0.1, 0.15) is 57.8 Å². The molecular weight excluding hydrogens is 204 g/mol. The number of carbonyl (C=O) groups is 1. The van der Waals surface area contributed by atoms with Crippen molar-refractivity contribution in [1.82, 2.24) is 0 Å². The second kappa shape index (κ2) is 5.67. The lowest BCUT2D eigenvalue weighted by molar-refractivity contribution is -0.161. The van der Waals surface area contributed by atoms with E-state index in [1.165, 1.54) is 19.3 Å². The Kier molecular flexibility index (Phi) is 4.22. The van der Waals surface area contributed by atoms with E-state index in [0.717, 1.165) is 38.5 Å². The lowest BCUT2D eigenvalue weighted by atomic mass is 9.86. The van der Waals surface area contributed by atoms with Crippen molar-refractivity contribution in [2.45, 2.75) is 70.0 Å². The molecule has 16 heavy (non-hydrogen) atoms. The normalized spacial score (nSPS) is 32.3.